The van der Waals surface area contributed by atoms with Crippen LogP contribution in [0, 0.1) is 0 Å². The van der Waals surface area contributed by atoms with Gasteiger partial charge in [-0.2, -0.15) is 0 Å². The monoisotopic (exact) mass is 228 g/mol. The van der Waals surface area contributed by atoms with Crippen LogP contribution < -0.4 is 11.1 Å². The summed E-state index contributed by atoms with van der Waals surface area (Å²) >= 11 is 0. The maximum atomic E-state index is 11.2. The molecule has 0 aliphatic carbocycles. The molecule has 0 radical (unpaired) electrons. The minimum atomic E-state index is -1.19. The van der Waals surface area contributed by atoms with Crippen molar-refractivity contribution in [1.82, 2.24) is 5.32 Å². The van der Waals surface area contributed by atoms with Crippen molar-refractivity contribution in [3.8, 4) is 0 Å². The van der Waals surface area contributed by atoms with Crippen LogP contribution in [0.3, 0.4) is 0 Å². The molecule has 0 fully saturated rings. The smallest absolute Gasteiger partial charge is 0.326 e. The molecule has 4 N–H and O–H groups in total. The van der Waals surface area contributed by atoms with E-state index in [0.29, 0.717) is 0 Å². The van der Waals surface area contributed by atoms with E-state index in [2.05, 4.69) is 11.9 Å². The van der Waals surface area contributed by atoms with Crippen molar-refractivity contribution < 1.29 is 19.5 Å². The summed E-state index contributed by atoms with van der Waals surface area (Å²) in [6.07, 6.45) is 1.17. The molecular formula is C10H16N2O4. The Morgan fingerprint density at radius 1 is 1.50 bits per heavy atom. The van der Waals surface area contributed by atoms with E-state index < -0.39 is 24.0 Å². The zero-order valence-corrected chi connectivity index (χ0v) is 9.10. The number of carboxylic acids is 1. The molecule has 1 amide bonds. The second kappa shape index (κ2) is 6.73. The largest absolute Gasteiger partial charge is 0.480 e. The first-order valence-electron chi connectivity index (χ1n) is 4.82. The van der Waals surface area contributed by atoms with Gasteiger partial charge in [-0.05, 0) is 19.4 Å². The number of carbonyl (C=O) groups excluding carboxylic acids is 2. The molecule has 0 aliphatic rings. The molecule has 0 rings (SSSR count). The normalized spacial score (nSPS) is 13.6. The number of carbonyl (C=O) groups is 3. The number of carboxylic acid groups (broad SMARTS) is 1. The van der Waals surface area contributed by atoms with Crippen LogP contribution in [0.15, 0.2) is 12.7 Å². The summed E-state index contributed by atoms with van der Waals surface area (Å²) in [4.78, 5) is 32.8. The Labute approximate surface area is 93.5 Å². The molecule has 16 heavy (non-hydrogen) atoms. The van der Waals surface area contributed by atoms with Gasteiger partial charge in [0.25, 0.3) is 0 Å². The summed E-state index contributed by atoms with van der Waals surface area (Å²) in [5, 5.41) is 11.0. The van der Waals surface area contributed by atoms with Gasteiger partial charge in [-0.3, -0.25) is 9.59 Å². The third-order valence-corrected chi connectivity index (χ3v) is 1.94. The minimum Gasteiger partial charge on any atom is -0.480 e. The Kier molecular flexibility index (Phi) is 6.02. The minimum absolute atomic E-state index is 0.0264. The number of rotatable bonds is 7. The molecule has 0 saturated heterocycles. The predicted molar refractivity (Wildman–Crippen MR) is 57.7 cm³/mol. The Morgan fingerprint density at radius 3 is 2.44 bits per heavy atom. The van der Waals surface area contributed by atoms with Crippen LogP contribution >= 0.6 is 0 Å². The number of allylic oxidation sites excluding steroid dienone is 1. The number of nitrogens with two attached hydrogens (primary N) is 1. The summed E-state index contributed by atoms with van der Waals surface area (Å²) in [6, 6.07) is -1.88. The maximum absolute atomic E-state index is 11.2. The van der Waals surface area contributed by atoms with Crippen molar-refractivity contribution in [3.05, 3.63) is 12.7 Å². The highest BCUT2D eigenvalue weighted by atomic mass is 16.4. The highest BCUT2D eigenvalue weighted by Crippen LogP contribution is 2.00. The van der Waals surface area contributed by atoms with Crippen LogP contribution in [-0.4, -0.2) is 34.8 Å². The van der Waals surface area contributed by atoms with Crippen molar-refractivity contribution >= 4 is 17.7 Å². The molecule has 2 atom stereocenters. The highest BCUT2D eigenvalue weighted by Gasteiger charge is 2.21. The van der Waals surface area contributed by atoms with Crippen LogP contribution in [0.4, 0.5) is 0 Å². The Hall–Kier alpha value is -1.69. The molecule has 2 unspecified atom stereocenters. The zero-order chi connectivity index (χ0) is 12.7. The van der Waals surface area contributed by atoms with E-state index in [1.165, 1.54) is 6.92 Å². The van der Waals surface area contributed by atoms with Gasteiger partial charge in [-0.25, -0.2) is 4.79 Å². The van der Waals surface area contributed by atoms with Crippen LogP contribution in [0.25, 0.3) is 0 Å². The van der Waals surface area contributed by atoms with Crippen molar-refractivity contribution in [3.63, 3.8) is 0 Å². The first-order chi connectivity index (χ1) is 7.38. The first kappa shape index (κ1) is 14.3. The molecule has 0 aromatic heterocycles. The van der Waals surface area contributed by atoms with Gasteiger partial charge in [0.05, 0.1) is 6.04 Å². The van der Waals surface area contributed by atoms with E-state index >= 15 is 0 Å². The average molecular weight is 228 g/mol. The summed E-state index contributed by atoms with van der Waals surface area (Å²) < 4.78 is 0. The molecule has 90 valence electrons. The van der Waals surface area contributed by atoms with E-state index in [4.69, 9.17) is 10.8 Å². The van der Waals surface area contributed by atoms with Gasteiger partial charge in [-0.15, -0.1) is 0 Å². The Morgan fingerprint density at radius 2 is 2.06 bits per heavy atom. The molecule has 0 aliphatic heterocycles. The van der Waals surface area contributed by atoms with Crippen molar-refractivity contribution in [1.29, 1.82) is 0 Å². The van der Waals surface area contributed by atoms with Crippen LogP contribution in [0.5, 0.6) is 0 Å². The SMILES string of the molecule is C=CC(=O)CCC(NC(=O)C(C)N)C(=O)O. The molecule has 0 spiro atoms. The topological polar surface area (TPSA) is 109 Å². The van der Waals surface area contributed by atoms with E-state index in [1.54, 1.807) is 0 Å². The summed E-state index contributed by atoms with van der Waals surface area (Å²) in [5.74, 6) is -2.01. The van der Waals surface area contributed by atoms with Crippen molar-refractivity contribution in [2.45, 2.75) is 31.8 Å². The predicted octanol–water partition coefficient (Wildman–Crippen LogP) is -0.562. The molecule has 0 bridgehead atoms. The molecule has 0 heterocycles. The lowest BCUT2D eigenvalue weighted by Gasteiger charge is -2.15. The van der Waals surface area contributed by atoms with Gasteiger partial charge in [0.15, 0.2) is 5.78 Å². The number of nitrogens with one attached hydrogen (secondary N) is 1. The van der Waals surface area contributed by atoms with Crippen LogP contribution in [0.1, 0.15) is 19.8 Å². The highest BCUT2D eigenvalue weighted by molar-refractivity contribution is 5.90. The average Bonchev–Trinajstić information content (AvgIpc) is 2.22. The molecule has 0 aromatic carbocycles. The van der Waals surface area contributed by atoms with Gasteiger partial charge in [0.1, 0.15) is 6.04 Å². The molecular weight excluding hydrogens is 212 g/mol. The van der Waals surface area contributed by atoms with E-state index in [9.17, 15) is 14.4 Å². The van der Waals surface area contributed by atoms with Gasteiger partial charge in [0.2, 0.25) is 5.91 Å². The first-order valence-corrected chi connectivity index (χ1v) is 4.82. The Balaban J connectivity index is 4.29. The second-order valence-electron chi connectivity index (χ2n) is 3.40. The van der Waals surface area contributed by atoms with Crippen LogP contribution in [0.2, 0.25) is 0 Å². The van der Waals surface area contributed by atoms with Gasteiger partial charge in [-0.1, -0.05) is 6.58 Å². The van der Waals surface area contributed by atoms with Gasteiger partial charge >= 0.3 is 5.97 Å². The quantitative estimate of drug-likeness (QED) is 0.506. The fourth-order valence-corrected chi connectivity index (χ4v) is 0.949. The van der Waals surface area contributed by atoms with Gasteiger partial charge < -0.3 is 16.2 Å². The fourth-order valence-electron chi connectivity index (χ4n) is 0.949. The Bertz CT molecular complexity index is 299. The lowest BCUT2D eigenvalue weighted by Crippen LogP contribution is -2.47. The summed E-state index contributed by atoms with van der Waals surface area (Å²) in [7, 11) is 0. The van der Waals surface area contributed by atoms with E-state index in [0.717, 1.165) is 6.08 Å². The molecule has 6 heteroatoms. The lowest BCUT2D eigenvalue weighted by molar-refractivity contribution is -0.142. The number of hydrogen-bond acceptors (Lipinski definition) is 4. The summed E-state index contributed by atoms with van der Waals surface area (Å²) in [5.41, 5.74) is 5.28. The third-order valence-electron chi connectivity index (χ3n) is 1.94. The maximum Gasteiger partial charge on any atom is 0.326 e. The van der Waals surface area contributed by atoms with E-state index in [-0.39, 0.29) is 18.6 Å². The lowest BCUT2D eigenvalue weighted by atomic mass is 10.1. The van der Waals surface area contributed by atoms with Crippen molar-refractivity contribution in [2.24, 2.45) is 5.73 Å². The van der Waals surface area contributed by atoms with E-state index in [1.807, 2.05) is 0 Å². The second-order valence-corrected chi connectivity index (χ2v) is 3.40. The number of aliphatic carboxylic acids is 1. The summed E-state index contributed by atoms with van der Waals surface area (Å²) in [6.45, 7) is 4.72. The molecule has 6 nitrogen and oxygen atoms in total. The standard InChI is InChI=1S/C10H16N2O4/c1-3-7(13)4-5-8(10(15)16)12-9(14)6(2)11/h3,6,8H,1,4-5,11H2,2H3,(H,12,14)(H,15,16). The van der Waals surface area contributed by atoms with Crippen molar-refractivity contribution in [2.75, 3.05) is 0 Å². The van der Waals surface area contributed by atoms with Crippen LogP contribution in [-0.2, 0) is 14.4 Å². The fraction of sp³-hybridized carbons (Fsp3) is 0.500. The third kappa shape index (κ3) is 5.26. The number of ketones is 1. The zero-order valence-electron chi connectivity index (χ0n) is 9.10. The molecule has 0 saturated carbocycles. The number of hydrogen-bond donors (Lipinski definition) is 3. The molecule has 0 aromatic rings. The number of amides is 1. The van der Waals surface area contributed by atoms with Gasteiger partial charge in [0, 0.05) is 6.42 Å².